The number of sulfonamides is 1. The topological polar surface area (TPSA) is 69.7 Å². The van der Waals surface area contributed by atoms with Crippen molar-refractivity contribution >= 4 is 15.9 Å². The number of hydrogen-bond donors (Lipinski definition) is 1. The minimum Gasteiger partial charge on any atom is -0.355 e. The van der Waals surface area contributed by atoms with Crippen LogP contribution in [0.25, 0.3) is 0 Å². The van der Waals surface area contributed by atoms with Crippen LogP contribution in [0.1, 0.15) is 31.7 Å². The van der Waals surface area contributed by atoms with Gasteiger partial charge in [-0.3, -0.25) is 4.79 Å². The molecule has 1 aliphatic rings. The van der Waals surface area contributed by atoms with E-state index in [1.165, 1.54) is 19.9 Å². The molecule has 2 rings (SSSR count). The number of nitrogens with zero attached hydrogens (tertiary/aromatic N) is 2. The molecule has 1 aromatic rings. The summed E-state index contributed by atoms with van der Waals surface area (Å²) in [6.07, 6.45) is 3.43. The van der Waals surface area contributed by atoms with Gasteiger partial charge in [-0.15, -0.1) is 0 Å². The molecule has 1 aliphatic heterocycles. The number of aryl methyl sites for hydroxylation is 1. The van der Waals surface area contributed by atoms with Crippen LogP contribution in [0.5, 0.6) is 0 Å². The minimum atomic E-state index is -3.64. The molecule has 0 saturated carbocycles. The van der Waals surface area contributed by atoms with E-state index in [1.807, 2.05) is 6.92 Å². The monoisotopic (exact) mass is 381 g/mol. The van der Waals surface area contributed by atoms with E-state index >= 15 is 0 Å². The van der Waals surface area contributed by atoms with Crippen LogP contribution in [0, 0.1) is 12.8 Å². The zero-order valence-electron chi connectivity index (χ0n) is 16.1. The second-order valence-electron chi connectivity index (χ2n) is 7.33. The molecular weight excluding hydrogens is 350 g/mol. The average Bonchev–Trinajstić information content (AvgIpc) is 2.59. The van der Waals surface area contributed by atoms with Crippen molar-refractivity contribution in [1.82, 2.24) is 14.5 Å². The molecule has 6 nitrogen and oxygen atoms in total. The molecule has 1 fully saturated rings. The van der Waals surface area contributed by atoms with E-state index in [-0.39, 0.29) is 17.3 Å². The van der Waals surface area contributed by atoms with Gasteiger partial charge in [0.1, 0.15) is 0 Å². The highest BCUT2D eigenvalue weighted by Gasteiger charge is 2.22. The van der Waals surface area contributed by atoms with Crippen LogP contribution in [0.15, 0.2) is 29.2 Å². The molecule has 146 valence electrons. The largest absolute Gasteiger partial charge is 0.355 e. The Balaban J connectivity index is 1.73. The van der Waals surface area contributed by atoms with Crippen LogP contribution in [0.2, 0.25) is 0 Å². The van der Waals surface area contributed by atoms with Crippen molar-refractivity contribution in [3.8, 4) is 0 Å². The molecule has 0 unspecified atom stereocenters. The molecular formula is C19H31N3O3S. The maximum Gasteiger partial charge on any atom is 0.243 e. The minimum absolute atomic E-state index is 0.170. The second-order valence-corrected chi connectivity index (χ2v) is 9.37. The molecule has 1 atom stereocenters. The summed E-state index contributed by atoms with van der Waals surface area (Å²) in [5.41, 5.74) is 0.993. The van der Waals surface area contributed by atoms with E-state index in [0.717, 1.165) is 41.8 Å². The highest BCUT2D eigenvalue weighted by Crippen LogP contribution is 2.16. The molecule has 0 bridgehead atoms. The average molecular weight is 382 g/mol. The Labute approximate surface area is 157 Å². The van der Waals surface area contributed by atoms with Crippen molar-refractivity contribution < 1.29 is 13.2 Å². The fourth-order valence-electron chi connectivity index (χ4n) is 3.25. The van der Waals surface area contributed by atoms with Crippen LogP contribution in [0.3, 0.4) is 0 Å². The lowest BCUT2D eigenvalue weighted by molar-refractivity contribution is -0.121. The van der Waals surface area contributed by atoms with Crippen LogP contribution in [-0.4, -0.2) is 63.3 Å². The van der Waals surface area contributed by atoms with Gasteiger partial charge in [0.25, 0.3) is 0 Å². The first-order valence-corrected chi connectivity index (χ1v) is 10.7. The number of piperidine rings is 1. The molecule has 1 N–H and O–H groups in total. The van der Waals surface area contributed by atoms with E-state index in [2.05, 4.69) is 17.1 Å². The first-order chi connectivity index (χ1) is 12.3. The number of amides is 1. The zero-order valence-corrected chi connectivity index (χ0v) is 16.9. The van der Waals surface area contributed by atoms with Crippen molar-refractivity contribution in [3.05, 3.63) is 29.8 Å². The maximum atomic E-state index is 12.5. The molecule has 1 saturated heterocycles. The predicted molar refractivity (Wildman–Crippen MR) is 103 cm³/mol. The highest BCUT2D eigenvalue weighted by atomic mass is 32.2. The number of benzene rings is 1. The van der Waals surface area contributed by atoms with Gasteiger partial charge >= 0.3 is 0 Å². The van der Waals surface area contributed by atoms with Gasteiger partial charge in [0.2, 0.25) is 15.9 Å². The van der Waals surface area contributed by atoms with Crippen LogP contribution >= 0.6 is 0 Å². The van der Waals surface area contributed by atoms with Crippen molar-refractivity contribution in [2.45, 2.75) is 38.0 Å². The van der Waals surface area contributed by atoms with E-state index < -0.39 is 10.0 Å². The second kappa shape index (κ2) is 9.48. The van der Waals surface area contributed by atoms with E-state index in [9.17, 15) is 13.2 Å². The Morgan fingerprint density at radius 3 is 2.65 bits per heavy atom. The first kappa shape index (κ1) is 20.9. The molecule has 1 aromatic carbocycles. The third kappa shape index (κ3) is 6.07. The molecule has 0 radical (unpaired) electrons. The molecule has 0 spiro atoms. The van der Waals surface area contributed by atoms with Crippen LogP contribution in [0.4, 0.5) is 0 Å². The van der Waals surface area contributed by atoms with Crippen molar-refractivity contribution in [3.63, 3.8) is 0 Å². The molecule has 0 aromatic heterocycles. The number of carbonyl (C=O) groups is 1. The summed E-state index contributed by atoms with van der Waals surface area (Å²) in [4.78, 5) is 14.7. The Morgan fingerprint density at radius 2 is 2.00 bits per heavy atom. The van der Waals surface area contributed by atoms with Gasteiger partial charge in [-0.25, -0.2) is 8.42 Å². The van der Waals surface area contributed by atoms with E-state index in [1.54, 1.807) is 24.3 Å². The van der Waals surface area contributed by atoms with E-state index in [0.29, 0.717) is 6.54 Å². The first-order valence-electron chi connectivity index (χ1n) is 9.31. The van der Waals surface area contributed by atoms with Gasteiger partial charge in [0.05, 0.1) is 11.4 Å². The Morgan fingerprint density at radius 1 is 1.31 bits per heavy atom. The van der Waals surface area contributed by atoms with Crippen molar-refractivity contribution in [2.24, 2.45) is 5.92 Å². The zero-order chi connectivity index (χ0) is 19.2. The number of nitrogens with one attached hydrogen (secondary N) is 1. The molecule has 1 heterocycles. The van der Waals surface area contributed by atoms with E-state index in [4.69, 9.17) is 0 Å². The number of likely N-dealkylation sites (tertiary alicyclic amines) is 1. The van der Waals surface area contributed by atoms with Crippen LogP contribution in [-0.2, 0) is 14.8 Å². The number of rotatable bonds is 8. The summed E-state index contributed by atoms with van der Waals surface area (Å²) in [5.74, 6) is 0.481. The lowest BCUT2D eigenvalue weighted by Gasteiger charge is -2.30. The van der Waals surface area contributed by atoms with Gasteiger partial charge in [0, 0.05) is 20.1 Å². The van der Waals surface area contributed by atoms with Gasteiger partial charge < -0.3 is 10.2 Å². The standard InChI is InChI=1S/C19H31N3O3S/c1-16-7-9-18(10-8-16)26(24,25)21(3)15-19(23)20-11-5-13-22-12-4-6-17(2)14-22/h7-10,17H,4-6,11-15H2,1-3H3,(H,20,23)/t17-/m0/s1. The van der Waals surface area contributed by atoms with Gasteiger partial charge in [-0.05, 0) is 57.3 Å². The fraction of sp³-hybridized carbons (Fsp3) is 0.632. The number of carbonyl (C=O) groups excluding carboxylic acids is 1. The summed E-state index contributed by atoms with van der Waals surface area (Å²) < 4.78 is 26.1. The summed E-state index contributed by atoms with van der Waals surface area (Å²) in [6.45, 7) is 7.82. The quantitative estimate of drug-likeness (QED) is 0.698. The van der Waals surface area contributed by atoms with Crippen molar-refractivity contribution in [1.29, 1.82) is 0 Å². The summed E-state index contributed by atoms with van der Waals surface area (Å²) >= 11 is 0. The predicted octanol–water partition coefficient (Wildman–Crippen LogP) is 1.85. The van der Waals surface area contributed by atoms with Gasteiger partial charge in [0.15, 0.2) is 0 Å². The molecule has 0 aliphatic carbocycles. The fourth-order valence-corrected chi connectivity index (χ4v) is 4.38. The van der Waals surface area contributed by atoms with Crippen LogP contribution < -0.4 is 5.32 Å². The van der Waals surface area contributed by atoms with Gasteiger partial charge in [-0.2, -0.15) is 4.31 Å². The molecule has 7 heteroatoms. The third-order valence-electron chi connectivity index (χ3n) is 4.81. The Bertz CT molecular complexity index is 688. The molecule has 1 amide bonds. The summed E-state index contributed by atoms with van der Waals surface area (Å²) in [7, 11) is -2.21. The lowest BCUT2D eigenvalue weighted by atomic mass is 10.0. The summed E-state index contributed by atoms with van der Waals surface area (Å²) in [6, 6.07) is 6.64. The normalized spacial score (nSPS) is 18.8. The summed E-state index contributed by atoms with van der Waals surface area (Å²) in [5, 5.41) is 2.83. The lowest BCUT2D eigenvalue weighted by Crippen LogP contribution is -2.40. The van der Waals surface area contributed by atoms with Gasteiger partial charge in [-0.1, -0.05) is 24.6 Å². The highest BCUT2D eigenvalue weighted by molar-refractivity contribution is 7.89. The molecule has 26 heavy (non-hydrogen) atoms. The van der Waals surface area contributed by atoms with Crippen molar-refractivity contribution in [2.75, 3.05) is 39.8 Å². The third-order valence-corrected chi connectivity index (χ3v) is 6.63. The Kier molecular flexibility index (Phi) is 7.61. The SMILES string of the molecule is Cc1ccc(S(=O)(=O)N(C)CC(=O)NCCCN2CCC[C@H](C)C2)cc1. The Hall–Kier alpha value is -1.44. The number of hydrogen-bond acceptors (Lipinski definition) is 4. The number of likely N-dealkylation sites (N-methyl/N-ethyl adjacent to an activating group) is 1. The maximum absolute atomic E-state index is 12.5. The smallest absolute Gasteiger partial charge is 0.243 e.